The fraction of sp³-hybridized carbons (Fsp3) is 0.650. The average Bonchev–Trinajstić information content (AvgIpc) is 2.65. The minimum absolute atomic E-state index is 0.554. The Morgan fingerprint density at radius 2 is 1.92 bits per heavy atom. The number of hydrogen-bond acceptors (Lipinski definition) is 4. The first-order valence-electron chi connectivity index (χ1n) is 9.44. The highest BCUT2D eigenvalue weighted by Gasteiger charge is 2.06. The van der Waals surface area contributed by atoms with Gasteiger partial charge in [0.15, 0.2) is 5.96 Å². The lowest BCUT2D eigenvalue weighted by molar-refractivity contribution is 0.110. The van der Waals surface area contributed by atoms with Crippen LogP contribution in [-0.2, 0) is 16.0 Å². The van der Waals surface area contributed by atoms with Crippen molar-refractivity contribution in [2.75, 3.05) is 47.1 Å². The normalized spacial score (nSPS) is 11.5. The van der Waals surface area contributed by atoms with Gasteiger partial charge >= 0.3 is 0 Å². The number of aryl methyl sites for hydroxylation is 1. The molecule has 0 aliphatic carbocycles. The number of benzene rings is 1. The molecule has 6 nitrogen and oxygen atoms in total. The summed E-state index contributed by atoms with van der Waals surface area (Å²) < 4.78 is 16.3. The fourth-order valence-corrected chi connectivity index (χ4v) is 2.45. The van der Waals surface area contributed by atoms with E-state index in [1.54, 1.807) is 14.2 Å². The van der Waals surface area contributed by atoms with E-state index >= 15 is 0 Å². The van der Waals surface area contributed by atoms with Gasteiger partial charge in [0.1, 0.15) is 12.4 Å². The number of ether oxygens (including phenoxy) is 3. The van der Waals surface area contributed by atoms with Crippen molar-refractivity contribution in [1.82, 2.24) is 10.6 Å². The zero-order valence-corrected chi connectivity index (χ0v) is 16.8. The molecule has 0 amide bonds. The van der Waals surface area contributed by atoms with Crippen LogP contribution in [0.3, 0.4) is 0 Å². The molecule has 148 valence electrons. The van der Waals surface area contributed by atoms with Crippen LogP contribution in [0.1, 0.15) is 37.3 Å². The Balaban J connectivity index is 2.43. The van der Waals surface area contributed by atoms with E-state index in [0.29, 0.717) is 26.4 Å². The van der Waals surface area contributed by atoms with Gasteiger partial charge in [-0.05, 0) is 44.7 Å². The molecule has 0 atom stereocenters. The van der Waals surface area contributed by atoms with Gasteiger partial charge in [0.05, 0.1) is 6.61 Å². The summed E-state index contributed by atoms with van der Waals surface area (Å²) in [4.78, 5) is 4.28. The maximum atomic E-state index is 5.88. The molecule has 6 heteroatoms. The van der Waals surface area contributed by atoms with E-state index in [4.69, 9.17) is 14.2 Å². The fourth-order valence-electron chi connectivity index (χ4n) is 2.45. The second-order valence-electron chi connectivity index (χ2n) is 6.06. The first-order chi connectivity index (χ1) is 12.7. The second kappa shape index (κ2) is 14.4. The van der Waals surface area contributed by atoms with E-state index in [0.717, 1.165) is 49.7 Å². The number of hydrogen-bond donors (Lipinski definition) is 2. The van der Waals surface area contributed by atoms with Crippen LogP contribution in [0.25, 0.3) is 0 Å². The monoisotopic (exact) mass is 365 g/mol. The van der Waals surface area contributed by atoms with Gasteiger partial charge in [0.25, 0.3) is 0 Å². The number of guanidine groups is 1. The van der Waals surface area contributed by atoms with E-state index in [2.05, 4.69) is 40.7 Å². The molecule has 0 heterocycles. The van der Waals surface area contributed by atoms with Crippen LogP contribution in [0.4, 0.5) is 0 Å². The van der Waals surface area contributed by atoms with Crippen molar-refractivity contribution >= 4 is 5.96 Å². The van der Waals surface area contributed by atoms with Gasteiger partial charge in [-0.3, -0.25) is 4.99 Å². The molecule has 2 N–H and O–H groups in total. The van der Waals surface area contributed by atoms with Crippen molar-refractivity contribution in [3.63, 3.8) is 0 Å². The smallest absolute Gasteiger partial charge is 0.191 e. The second-order valence-corrected chi connectivity index (χ2v) is 6.06. The molecule has 26 heavy (non-hydrogen) atoms. The first kappa shape index (κ1) is 22.3. The molecular weight excluding hydrogens is 330 g/mol. The Morgan fingerprint density at radius 3 is 2.65 bits per heavy atom. The van der Waals surface area contributed by atoms with Crippen LogP contribution in [0.5, 0.6) is 5.75 Å². The van der Waals surface area contributed by atoms with Crippen LogP contribution in [-0.4, -0.2) is 53.1 Å². The molecule has 0 saturated carbocycles. The maximum Gasteiger partial charge on any atom is 0.191 e. The highest BCUT2D eigenvalue weighted by atomic mass is 16.5. The minimum Gasteiger partial charge on any atom is -0.491 e. The molecule has 1 rings (SSSR count). The Hall–Kier alpha value is -1.79. The zero-order valence-electron chi connectivity index (χ0n) is 16.8. The third kappa shape index (κ3) is 9.63. The third-order valence-corrected chi connectivity index (χ3v) is 3.90. The van der Waals surface area contributed by atoms with Crippen molar-refractivity contribution in [3.8, 4) is 5.75 Å². The van der Waals surface area contributed by atoms with Gasteiger partial charge < -0.3 is 24.8 Å². The van der Waals surface area contributed by atoms with E-state index in [1.165, 1.54) is 5.56 Å². The number of methoxy groups -OCH3 is 1. The molecule has 0 unspecified atom stereocenters. The lowest BCUT2D eigenvalue weighted by Gasteiger charge is -2.15. The van der Waals surface area contributed by atoms with Crippen LogP contribution in [0, 0.1) is 6.92 Å². The summed E-state index contributed by atoms with van der Waals surface area (Å²) in [6.45, 7) is 8.30. The molecule has 1 aromatic carbocycles. The molecule has 0 aliphatic heterocycles. The van der Waals surface area contributed by atoms with Gasteiger partial charge in [0, 0.05) is 46.0 Å². The number of unbranched alkanes of at least 4 members (excludes halogenated alkanes) is 2. The Labute approximate surface area is 158 Å². The molecule has 0 aromatic heterocycles. The van der Waals surface area contributed by atoms with E-state index in [9.17, 15) is 0 Å². The molecular formula is C20H35N3O3. The van der Waals surface area contributed by atoms with Crippen LogP contribution in [0.2, 0.25) is 0 Å². The Kier molecular flexibility index (Phi) is 12.3. The van der Waals surface area contributed by atoms with Crippen LogP contribution in [0.15, 0.2) is 23.2 Å². The predicted molar refractivity (Wildman–Crippen MR) is 107 cm³/mol. The van der Waals surface area contributed by atoms with Gasteiger partial charge in [-0.1, -0.05) is 12.1 Å². The van der Waals surface area contributed by atoms with E-state index in [1.807, 2.05) is 6.92 Å². The van der Waals surface area contributed by atoms with E-state index < -0.39 is 0 Å². The molecule has 0 fully saturated rings. The number of rotatable bonds is 13. The molecule has 0 bridgehead atoms. The number of aliphatic imine (C=N–C) groups is 1. The highest BCUT2D eigenvalue weighted by Crippen LogP contribution is 2.20. The molecule has 0 spiro atoms. The van der Waals surface area contributed by atoms with Gasteiger partial charge in [-0.2, -0.15) is 0 Å². The van der Waals surface area contributed by atoms with Crippen molar-refractivity contribution in [2.24, 2.45) is 4.99 Å². The van der Waals surface area contributed by atoms with Crippen molar-refractivity contribution in [3.05, 3.63) is 29.3 Å². The molecule has 0 radical (unpaired) electrons. The Morgan fingerprint density at radius 1 is 1.08 bits per heavy atom. The molecule has 1 aromatic rings. The van der Waals surface area contributed by atoms with Crippen molar-refractivity contribution in [2.45, 2.75) is 39.7 Å². The van der Waals surface area contributed by atoms with Gasteiger partial charge in [-0.15, -0.1) is 0 Å². The van der Waals surface area contributed by atoms with E-state index in [-0.39, 0.29) is 0 Å². The quantitative estimate of drug-likeness (QED) is 0.320. The standard InChI is InChI=1S/C20H35N3O3/c1-5-25-13-14-26-19-15-17(2)9-10-18(19)16-23-20(21-3)22-11-7-6-8-12-24-4/h9-10,15H,5-8,11-14,16H2,1-4H3,(H2,21,22,23). The predicted octanol–water partition coefficient (Wildman–Crippen LogP) is 2.89. The number of nitrogens with zero attached hydrogens (tertiary/aromatic N) is 1. The SMILES string of the molecule is CCOCCOc1cc(C)ccc1CNC(=NC)NCCCCCOC. The molecule has 0 saturated heterocycles. The lowest BCUT2D eigenvalue weighted by Crippen LogP contribution is -2.37. The summed E-state index contributed by atoms with van der Waals surface area (Å²) >= 11 is 0. The van der Waals surface area contributed by atoms with Gasteiger partial charge in [-0.25, -0.2) is 0 Å². The number of nitrogens with one attached hydrogen (secondary N) is 2. The summed E-state index contributed by atoms with van der Waals surface area (Å²) in [5.74, 6) is 1.70. The first-order valence-corrected chi connectivity index (χ1v) is 9.44. The third-order valence-electron chi connectivity index (χ3n) is 3.90. The van der Waals surface area contributed by atoms with Crippen molar-refractivity contribution in [1.29, 1.82) is 0 Å². The molecule has 0 aliphatic rings. The highest BCUT2D eigenvalue weighted by molar-refractivity contribution is 5.79. The van der Waals surface area contributed by atoms with Gasteiger partial charge in [0.2, 0.25) is 0 Å². The summed E-state index contributed by atoms with van der Waals surface area (Å²) in [6, 6.07) is 6.25. The topological polar surface area (TPSA) is 64.1 Å². The average molecular weight is 366 g/mol. The van der Waals surface area contributed by atoms with Crippen LogP contribution < -0.4 is 15.4 Å². The maximum absolute atomic E-state index is 5.88. The summed E-state index contributed by atoms with van der Waals surface area (Å²) in [6.07, 6.45) is 3.34. The van der Waals surface area contributed by atoms with Crippen LogP contribution >= 0.6 is 0 Å². The summed E-state index contributed by atoms with van der Waals surface area (Å²) in [5.41, 5.74) is 2.29. The summed E-state index contributed by atoms with van der Waals surface area (Å²) in [7, 11) is 3.53. The minimum atomic E-state index is 0.554. The largest absolute Gasteiger partial charge is 0.491 e. The van der Waals surface area contributed by atoms with Crippen molar-refractivity contribution < 1.29 is 14.2 Å². The zero-order chi connectivity index (χ0) is 19.0. The lowest BCUT2D eigenvalue weighted by atomic mass is 10.1. The summed E-state index contributed by atoms with van der Waals surface area (Å²) in [5, 5.41) is 6.70. The Bertz CT molecular complexity index is 521.